The Morgan fingerprint density at radius 2 is 2.22 bits per heavy atom. The van der Waals surface area contributed by atoms with Gasteiger partial charge in [-0.3, -0.25) is 4.79 Å². The van der Waals surface area contributed by atoms with Crippen LogP contribution in [-0.2, 0) is 17.8 Å². The van der Waals surface area contributed by atoms with Crippen LogP contribution in [0, 0.1) is 0 Å². The van der Waals surface area contributed by atoms with Crippen LogP contribution in [0.2, 0.25) is 0 Å². The summed E-state index contributed by atoms with van der Waals surface area (Å²) in [6, 6.07) is 8.09. The number of hydrogen-bond acceptors (Lipinski definition) is 3. The Kier molecular flexibility index (Phi) is 2.80. The molecule has 1 aromatic carbocycles. The van der Waals surface area contributed by atoms with Crippen LogP contribution >= 0.6 is 0 Å². The van der Waals surface area contributed by atoms with Gasteiger partial charge in [-0.2, -0.15) is 5.10 Å². The predicted molar refractivity (Wildman–Crippen MR) is 67.1 cm³/mol. The fourth-order valence-corrected chi connectivity index (χ4v) is 2.33. The van der Waals surface area contributed by atoms with Crippen molar-refractivity contribution in [3.8, 4) is 0 Å². The lowest BCUT2D eigenvalue weighted by Crippen LogP contribution is -2.37. The van der Waals surface area contributed by atoms with E-state index in [1.54, 1.807) is 11.0 Å². The van der Waals surface area contributed by atoms with Crippen molar-refractivity contribution in [1.29, 1.82) is 0 Å². The van der Waals surface area contributed by atoms with Crippen molar-refractivity contribution in [3.63, 3.8) is 0 Å². The van der Waals surface area contributed by atoms with E-state index in [-0.39, 0.29) is 12.5 Å². The van der Waals surface area contributed by atoms with Gasteiger partial charge in [-0.15, -0.1) is 0 Å². The molecule has 5 nitrogen and oxygen atoms in total. The van der Waals surface area contributed by atoms with Gasteiger partial charge >= 0.3 is 0 Å². The van der Waals surface area contributed by atoms with E-state index in [2.05, 4.69) is 16.1 Å². The third kappa shape index (κ3) is 1.99. The van der Waals surface area contributed by atoms with Gasteiger partial charge in [0.05, 0.1) is 0 Å². The van der Waals surface area contributed by atoms with Crippen LogP contribution in [0.4, 0.5) is 5.69 Å². The van der Waals surface area contributed by atoms with Crippen LogP contribution in [0.25, 0.3) is 0 Å². The zero-order valence-electron chi connectivity index (χ0n) is 9.99. The molecule has 3 rings (SSSR count). The number of rotatable bonds is 2. The van der Waals surface area contributed by atoms with Gasteiger partial charge in [-0.05, 0) is 24.5 Å². The molecule has 0 unspecified atom stereocenters. The zero-order valence-corrected chi connectivity index (χ0v) is 9.99. The SMILES string of the molecule is O=C(Cn1cncn1)N1CCCc2ccccc21. The minimum absolute atomic E-state index is 0.0626. The number of fused-ring (bicyclic) bond motifs is 1. The van der Waals surface area contributed by atoms with Crippen LogP contribution in [0.5, 0.6) is 0 Å². The normalized spacial score (nSPS) is 14.3. The standard InChI is InChI=1S/C13H14N4O/c18-13(8-16-10-14-9-15-16)17-7-3-5-11-4-1-2-6-12(11)17/h1-2,4,6,9-10H,3,5,7-8H2. The van der Waals surface area contributed by atoms with Crippen molar-refractivity contribution < 1.29 is 4.79 Å². The lowest BCUT2D eigenvalue weighted by atomic mass is 10.0. The van der Waals surface area contributed by atoms with E-state index in [9.17, 15) is 4.79 Å². The first-order valence-corrected chi connectivity index (χ1v) is 6.05. The van der Waals surface area contributed by atoms with Gasteiger partial charge in [0.15, 0.2) is 0 Å². The van der Waals surface area contributed by atoms with Crippen molar-refractivity contribution >= 4 is 11.6 Å². The highest BCUT2D eigenvalue weighted by Gasteiger charge is 2.22. The van der Waals surface area contributed by atoms with Crippen molar-refractivity contribution in [3.05, 3.63) is 42.5 Å². The Morgan fingerprint density at radius 1 is 1.33 bits per heavy atom. The first-order valence-electron chi connectivity index (χ1n) is 6.05. The maximum absolute atomic E-state index is 12.3. The van der Waals surface area contributed by atoms with Gasteiger partial charge in [0.25, 0.3) is 0 Å². The minimum atomic E-state index is 0.0626. The minimum Gasteiger partial charge on any atom is -0.311 e. The second kappa shape index (κ2) is 4.60. The van der Waals surface area contributed by atoms with Crippen molar-refractivity contribution in [2.75, 3.05) is 11.4 Å². The molecule has 2 aromatic rings. The van der Waals surface area contributed by atoms with E-state index < -0.39 is 0 Å². The number of para-hydroxylation sites is 1. The highest BCUT2D eigenvalue weighted by atomic mass is 16.2. The number of carbonyl (C=O) groups excluding carboxylic acids is 1. The lowest BCUT2D eigenvalue weighted by molar-refractivity contribution is -0.119. The molecule has 1 aliphatic heterocycles. The first-order chi connectivity index (χ1) is 8.84. The number of amides is 1. The third-order valence-corrected chi connectivity index (χ3v) is 3.18. The molecule has 1 amide bonds. The number of aryl methyl sites for hydroxylation is 1. The van der Waals surface area contributed by atoms with Gasteiger partial charge in [0, 0.05) is 12.2 Å². The fourth-order valence-electron chi connectivity index (χ4n) is 2.33. The molecule has 1 aliphatic rings. The Balaban J connectivity index is 1.83. The Hall–Kier alpha value is -2.17. The largest absolute Gasteiger partial charge is 0.311 e. The summed E-state index contributed by atoms with van der Waals surface area (Å²) in [5.41, 5.74) is 2.28. The molecule has 0 spiro atoms. The number of hydrogen-bond donors (Lipinski definition) is 0. The van der Waals surface area contributed by atoms with Gasteiger partial charge in [0.2, 0.25) is 5.91 Å². The molecule has 0 saturated heterocycles. The molecule has 1 aromatic heterocycles. The maximum Gasteiger partial charge on any atom is 0.248 e. The topological polar surface area (TPSA) is 51.0 Å². The van der Waals surface area contributed by atoms with E-state index in [0.29, 0.717) is 0 Å². The highest BCUT2D eigenvalue weighted by molar-refractivity contribution is 5.94. The molecule has 5 heteroatoms. The van der Waals surface area contributed by atoms with Crippen LogP contribution in [-0.4, -0.2) is 27.2 Å². The average Bonchev–Trinajstić information content (AvgIpc) is 2.91. The number of anilines is 1. The Bertz CT molecular complexity index is 550. The second-order valence-electron chi connectivity index (χ2n) is 4.37. The maximum atomic E-state index is 12.3. The van der Waals surface area contributed by atoms with E-state index in [4.69, 9.17) is 0 Å². The summed E-state index contributed by atoms with van der Waals surface area (Å²) < 4.78 is 1.56. The molecule has 18 heavy (non-hydrogen) atoms. The molecule has 0 atom stereocenters. The summed E-state index contributed by atoms with van der Waals surface area (Å²) in [4.78, 5) is 18.0. The van der Waals surface area contributed by atoms with Gasteiger partial charge in [-0.1, -0.05) is 18.2 Å². The molecule has 0 fully saturated rings. The Labute approximate surface area is 105 Å². The summed E-state index contributed by atoms with van der Waals surface area (Å²) in [7, 11) is 0. The second-order valence-corrected chi connectivity index (χ2v) is 4.37. The summed E-state index contributed by atoms with van der Waals surface area (Å²) in [5.74, 6) is 0.0626. The smallest absolute Gasteiger partial charge is 0.248 e. The van der Waals surface area contributed by atoms with Gasteiger partial charge in [-0.25, -0.2) is 9.67 Å². The molecular formula is C13H14N4O. The zero-order chi connectivity index (χ0) is 12.4. The monoisotopic (exact) mass is 242 g/mol. The number of nitrogens with zero attached hydrogens (tertiary/aromatic N) is 4. The van der Waals surface area contributed by atoms with Gasteiger partial charge < -0.3 is 4.90 Å². The molecule has 2 heterocycles. The quantitative estimate of drug-likeness (QED) is 0.796. The molecular weight excluding hydrogens is 228 g/mol. The number of benzene rings is 1. The Morgan fingerprint density at radius 3 is 3.06 bits per heavy atom. The first kappa shape index (κ1) is 11.0. The lowest BCUT2D eigenvalue weighted by Gasteiger charge is -2.29. The van der Waals surface area contributed by atoms with Crippen LogP contribution in [0.1, 0.15) is 12.0 Å². The fraction of sp³-hybridized carbons (Fsp3) is 0.308. The summed E-state index contributed by atoms with van der Waals surface area (Å²) in [6.07, 6.45) is 5.06. The molecule has 0 saturated carbocycles. The summed E-state index contributed by atoms with van der Waals surface area (Å²) >= 11 is 0. The van der Waals surface area contributed by atoms with Crippen molar-refractivity contribution in [2.24, 2.45) is 0 Å². The van der Waals surface area contributed by atoms with E-state index in [1.807, 2.05) is 23.1 Å². The molecule has 92 valence electrons. The third-order valence-electron chi connectivity index (χ3n) is 3.18. The van der Waals surface area contributed by atoms with Crippen molar-refractivity contribution in [2.45, 2.75) is 19.4 Å². The van der Waals surface area contributed by atoms with Crippen LogP contribution < -0.4 is 4.90 Å². The molecule has 0 bridgehead atoms. The van der Waals surface area contributed by atoms with E-state index in [1.165, 1.54) is 11.9 Å². The van der Waals surface area contributed by atoms with E-state index in [0.717, 1.165) is 25.1 Å². The number of aromatic nitrogens is 3. The van der Waals surface area contributed by atoms with Crippen molar-refractivity contribution in [1.82, 2.24) is 14.8 Å². The molecule has 0 N–H and O–H groups in total. The predicted octanol–water partition coefficient (Wildman–Crippen LogP) is 1.26. The van der Waals surface area contributed by atoms with Gasteiger partial charge in [0.1, 0.15) is 19.2 Å². The highest BCUT2D eigenvalue weighted by Crippen LogP contribution is 2.26. The van der Waals surface area contributed by atoms with Crippen LogP contribution in [0.3, 0.4) is 0 Å². The number of carbonyl (C=O) groups is 1. The molecule has 0 radical (unpaired) electrons. The average molecular weight is 242 g/mol. The van der Waals surface area contributed by atoms with E-state index >= 15 is 0 Å². The summed E-state index contributed by atoms with van der Waals surface area (Å²) in [6.45, 7) is 1.03. The summed E-state index contributed by atoms with van der Waals surface area (Å²) in [5, 5.41) is 3.97. The molecule has 0 aliphatic carbocycles. The van der Waals surface area contributed by atoms with Crippen LogP contribution in [0.15, 0.2) is 36.9 Å².